The summed E-state index contributed by atoms with van der Waals surface area (Å²) in [6, 6.07) is 38.6. The molecule has 0 aliphatic rings. The Hall–Kier alpha value is -12.3. The Morgan fingerprint density at radius 3 is 1.40 bits per heavy atom. The molecule has 0 bridgehead atoms. The van der Waals surface area contributed by atoms with E-state index in [1.54, 1.807) is 151 Å². The molecule has 0 atom stereocenters. The van der Waals surface area contributed by atoms with Crippen molar-refractivity contribution in [2.24, 2.45) is 33.2 Å². The second kappa shape index (κ2) is 51.2. The smallest absolute Gasteiger partial charge is 0.344 e. The summed E-state index contributed by atoms with van der Waals surface area (Å²) in [5.41, 5.74) is 15.1. The molecule has 9 aromatic heterocycles. The summed E-state index contributed by atoms with van der Waals surface area (Å²) >= 11 is 16.3. The van der Waals surface area contributed by atoms with Gasteiger partial charge in [0.1, 0.15) is 51.2 Å². The zero-order valence-electron chi connectivity index (χ0n) is 73.2. The van der Waals surface area contributed by atoms with Crippen LogP contribution in [0.1, 0.15) is 166 Å². The maximum Gasteiger partial charge on any atom is 0.344 e. The number of halogens is 7. The fourth-order valence-electron chi connectivity index (χ4n) is 10.5. The number of rotatable bonds is 24. The lowest BCUT2D eigenvalue weighted by Gasteiger charge is -2.19. The standard InChI is InChI=1S/C25H21F2N7OS.C17H15BrF2N4OS.C14H18BrN3O2S.C10H15NO3.C9H15N3O2.C9H11N.C5H3BrOS.CH4/c1-34-12-18(25(35)30-10-14-2-5-19(26)20(27)8-14)24(33-34)29-11-16-4-7-22(36-16)15-3-6-21-17(9-15)23(28)32-13-31-21;1-24-9-12(16(23-24)21-8-11-3-5-15(18)26-11)17(25)22-7-10-2-4-13(19)14(20)6-10;1-14(2,3)20-13(19)10-8-18(4)17-12(10)16-7-9-5-6-11(15)21-9;1-6-13-7-8(11-5)9(12)14-10(2,3)4;1-9(2,3)14-8(13)6-5-12(4)11-7(6)10;1-2-10-8-9-6-4-3-5-7-9;6-5-2-1-4(3-7)8-5;/h2-9,12-13H,10-11H2,1H3,(H,29,33)(H,30,35)(H2,28,31,32);2-6,9H,7-8H2,1H3,(H,21,23)(H,22,25);5-6,8H,7H2,1-4H3,(H,16,17);7H,6H2,1-4H3;5H,1-4H3,(H2,10,11);3-8H,2H2,1H3;1-3H;1H4/b;;;8-7+;;;;. The molecule has 0 fully saturated rings. The Balaban J connectivity index is 0.000000247. The number of hydrogen-bond acceptors (Lipinski definition) is 26. The van der Waals surface area contributed by atoms with E-state index < -0.39 is 52.0 Å². The number of aldehydes is 1. The van der Waals surface area contributed by atoms with E-state index >= 15 is 0 Å². The minimum Gasteiger partial charge on any atom is -0.512 e. The van der Waals surface area contributed by atoms with Crippen molar-refractivity contribution >= 4 is 175 Å². The molecule has 13 aromatic rings. The number of nitrogens with one attached hydrogen (secondary N) is 5. The van der Waals surface area contributed by atoms with Gasteiger partial charge in [-0.15, -0.1) is 45.3 Å². The number of aryl methyl sites for hydroxylation is 4. The van der Waals surface area contributed by atoms with E-state index in [0.29, 0.717) is 82.9 Å². The number of esters is 3. The molecule has 0 radical (unpaired) electrons. The van der Waals surface area contributed by atoms with Gasteiger partial charge in [0.15, 0.2) is 52.8 Å². The average molecular weight is 2050 g/mol. The quantitative estimate of drug-likeness (QED) is 0.00432. The number of nitrogens with two attached hydrogens (primary N) is 2. The van der Waals surface area contributed by atoms with Crippen LogP contribution < -0.4 is 38.1 Å². The van der Waals surface area contributed by atoms with Crippen molar-refractivity contribution in [2.45, 2.75) is 133 Å². The number of carbonyl (C=O) groups excluding carboxylic acids is 6. The van der Waals surface area contributed by atoms with Gasteiger partial charge in [-0.25, -0.2) is 42.0 Å². The molecule has 690 valence electrons. The summed E-state index contributed by atoms with van der Waals surface area (Å²) in [7, 11) is 6.92. The number of benzene rings is 4. The third-order valence-electron chi connectivity index (χ3n) is 16.1. The zero-order valence-corrected chi connectivity index (χ0v) is 81.2. The highest BCUT2D eigenvalue weighted by Crippen LogP contribution is 2.33. The minimum absolute atomic E-state index is 0. The van der Waals surface area contributed by atoms with Crippen LogP contribution in [0.4, 0.5) is 46.7 Å². The molecule has 130 heavy (non-hydrogen) atoms. The molecule has 0 aliphatic heterocycles. The van der Waals surface area contributed by atoms with Gasteiger partial charge in [-0.1, -0.05) is 56.0 Å². The number of nitrogens with zero attached hydrogens (tertiary/aromatic N) is 12. The maximum absolute atomic E-state index is 13.4. The highest BCUT2D eigenvalue weighted by atomic mass is 79.9. The first-order valence-corrected chi connectivity index (χ1v) is 44.9. The van der Waals surface area contributed by atoms with Crippen molar-refractivity contribution in [2.75, 3.05) is 40.6 Å². The van der Waals surface area contributed by atoms with E-state index in [4.69, 9.17) is 37.0 Å². The van der Waals surface area contributed by atoms with Gasteiger partial charge in [-0.2, -0.15) is 20.4 Å². The maximum atomic E-state index is 13.4. The Bertz CT molecular complexity index is 6040. The van der Waals surface area contributed by atoms with Crippen LogP contribution in [0, 0.1) is 29.8 Å². The van der Waals surface area contributed by atoms with E-state index in [1.165, 1.54) is 44.7 Å². The molecule has 4 aromatic carbocycles. The first-order valence-electron chi connectivity index (χ1n) is 39.3. The summed E-state index contributed by atoms with van der Waals surface area (Å²) in [6.07, 6.45) is 11.7. The van der Waals surface area contributed by atoms with E-state index in [1.807, 2.05) is 125 Å². The molecular weight excluding hydrogens is 1950 g/mol. The fourth-order valence-corrected chi connectivity index (χ4v) is 15.6. The molecule has 40 heteroatoms. The number of aliphatic imine (C=N–C) groups is 1. The van der Waals surface area contributed by atoms with Gasteiger partial charge in [0, 0.05) is 104 Å². The van der Waals surface area contributed by atoms with Crippen molar-refractivity contribution in [3.8, 4) is 10.4 Å². The van der Waals surface area contributed by atoms with E-state index in [0.717, 1.165) is 95.6 Å². The van der Waals surface area contributed by atoms with Crippen LogP contribution in [-0.4, -0.2) is 121 Å². The molecule has 0 spiro atoms. The molecule has 0 saturated heterocycles. The van der Waals surface area contributed by atoms with Crippen molar-refractivity contribution < 1.29 is 65.3 Å². The molecule has 0 unspecified atom stereocenters. The fraction of sp³-hybridized carbons (Fsp3) is 0.289. The van der Waals surface area contributed by atoms with Crippen molar-refractivity contribution in [3.05, 3.63) is 281 Å². The average Bonchev–Trinajstić information content (AvgIpc) is 1.41. The van der Waals surface area contributed by atoms with Gasteiger partial charge in [0.25, 0.3) is 11.8 Å². The number of fused-ring (bicyclic) bond motifs is 1. The Morgan fingerprint density at radius 1 is 0.523 bits per heavy atom. The predicted molar refractivity (Wildman–Crippen MR) is 517 cm³/mol. The molecule has 9 heterocycles. The summed E-state index contributed by atoms with van der Waals surface area (Å²) in [5, 5.41) is 32.5. The van der Waals surface area contributed by atoms with Crippen LogP contribution >= 0.6 is 93.1 Å². The molecule has 9 N–H and O–H groups in total. The van der Waals surface area contributed by atoms with Crippen LogP contribution in [-0.2, 0) is 84.7 Å². The van der Waals surface area contributed by atoms with Crippen molar-refractivity contribution in [1.82, 2.24) is 59.7 Å². The first kappa shape index (κ1) is 107. The number of carbonyl (C=O) groups is 6. The Morgan fingerprint density at radius 2 is 0.977 bits per heavy atom. The topological polar surface area (TPSA) is 365 Å². The van der Waals surface area contributed by atoms with Crippen LogP contribution in [0.5, 0.6) is 0 Å². The van der Waals surface area contributed by atoms with Crippen molar-refractivity contribution in [3.63, 3.8) is 0 Å². The lowest BCUT2D eigenvalue weighted by Crippen LogP contribution is -2.24. The molecule has 13 rings (SSSR count). The van der Waals surface area contributed by atoms with Crippen LogP contribution in [0.25, 0.3) is 26.2 Å². The van der Waals surface area contributed by atoms with Gasteiger partial charge in [0.05, 0.1) is 60.8 Å². The van der Waals surface area contributed by atoms with Crippen molar-refractivity contribution in [1.29, 1.82) is 0 Å². The van der Waals surface area contributed by atoms with Crippen LogP contribution in [0.3, 0.4) is 0 Å². The number of thiophene rings is 4. The number of nitrogen functional groups attached to an aromatic ring is 2. The molecule has 0 saturated carbocycles. The highest BCUT2D eigenvalue weighted by Gasteiger charge is 2.26. The Kier molecular flexibility index (Phi) is 42.0. The van der Waals surface area contributed by atoms with Gasteiger partial charge >= 0.3 is 23.6 Å². The van der Waals surface area contributed by atoms with Gasteiger partial charge in [-0.05, 0) is 231 Å². The first-order chi connectivity index (χ1) is 61.0. The SMILES string of the molecule is C.CCN=Cc1ccccc1.Cn1cc(C(=O)NCc2ccc(F)c(F)c2)c(NCc2ccc(-c3ccc4ncnc(N)c4c3)s2)n1.Cn1cc(C(=O)NCc2ccc(F)c(F)c2)c(NCc2ccc(Br)s2)n1.Cn1cc(C(=O)OC(C)(C)C)c(N)n1.Cn1cc(C(=O)OC(C)(C)C)c(NCc2ccc(Br)s2)n1.O=Cc1ccc(Br)s1.[C-]#[N+]/C(=C/OCC)C(=O)OC(C)(C)C. The number of aromatic nitrogens is 10. The predicted octanol–water partition coefficient (Wildman–Crippen LogP) is 20.5. The molecular formula is C90H102Br3F4N19O10S4. The third kappa shape index (κ3) is 36.4. The van der Waals surface area contributed by atoms with E-state index in [-0.39, 0.29) is 49.8 Å². The van der Waals surface area contributed by atoms with Gasteiger partial charge in [0.2, 0.25) is 0 Å². The number of ether oxygens (including phenoxy) is 4. The summed E-state index contributed by atoms with van der Waals surface area (Å²) in [6.45, 7) is 29.8. The minimum atomic E-state index is -0.957. The monoisotopic (exact) mass is 2050 g/mol. The summed E-state index contributed by atoms with van der Waals surface area (Å²) in [5.74, 6) is -3.89. The summed E-state index contributed by atoms with van der Waals surface area (Å²) in [4.78, 5) is 90.8. The molecule has 2 amide bonds. The highest BCUT2D eigenvalue weighted by molar-refractivity contribution is 9.11. The Labute approximate surface area is 792 Å². The van der Waals surface area contributed by atoms with E-state index in [2.05, 4.69) is 115 Å². The lowest BCUT2D eigenvalue weighted by atomic mass is 10.1. The lowest BCUT2D eigenvalue weighted by molar-refractivity contribution is -0.149. The zero-order chi connectivity index (χ0) is 94.9. The third-order valence-corrected chi connectivity index (χ3v) is 22.1. The summed E-state index contributed by atoms with van der Waals surface area (Å²) < 4.78 is 82.4. The van der Waals surface area contributed by atoms with Crippen LogP contribution in [0.2, 0.25) is 0 Å². The number of amides is 2. The second-order valence-electron chi connectivity index (χ2n) is 30.3. The normalized spacial score (nSPS) is 10.9. The van der Waals surface area contributed by atoms with Crippen LogP contribution in [0.15, 0.2) is 193 Å². The second-order valence-corrected chi connectivity index (χ2v) is 39.0. The van der Waals surface area contributed by atoms with Gasteiger partial charge < -0.3 is 57.0 Å². The van der Waals surface area contributed by atoms with Gasteiger partial charge in [-0.3, -0.25) is 42.9 Å². The molecule has 0 aliphatic carbocycles. The largest absolute Gasteiger partial charge is 0.512 e. The number of hydrogen-bond donors (Lipinski definition) is 7. The molecule has 29 nitrogen and oxygen atoms in total. The number of anilines is 5. The van der Waals surface area contributed by atoms with E-state index in [9.17, 15) is 46.3 Å².